The molecule has 0 bridgehead atoms. The van der Waals surface area contributed by atoms with Crippen LogP contribution < -0.4 is 16.4 Å². The molecule has 0 atom stereocenters. The largest absolute Gasteiger partial charge is 0.398 e. The summed E-state index contributed by atoms with van der Waals surface area (Å²) in [6.07, 6.45) is 1.33. The number of amides is 1. The standard InChI is InChI=1S/C17H14ClIN4O/c1-10-6-12(19)2-5-16(10)23-17(24)11(8-20)9-22-13-3-4-15(21)14(18)7-13/h2-7,9,22H,21H2,1H3,(H,23,24)/b11-9-. The van der Waals surface area contributed by atoms with E-state index in [2.05, 4.69) is 33.2 Å². The molecule has 0 saturated heterocycles. The summed E-state index contributed by atoms with van der Waals surface area (Å²) in [6, 6.07) is 12.5. The first kappa shape index (κ1) is 18.1. The Hall–Kier alpha value is -2.24. The quantitative estimate of drug-likeness (QED) is 0.279. The number of hydrogen-bond acceptors (Lipinski definition) is 4. The van der Waals surface area contributed by atoms with Crippen LogP contribution in [0.5, 0.6) is 0 Å². The number of nitriles is 1. The number of carbonyl (C=O) groups excluding carboxylic acids is 1. The molecule has 7 heteroatoms. The maximum atomic E-state index is 12.2. The summed E-state index contributed by atoms with van der Waals surface area (Å²) in [5, 5.41) is 15.2. The van der Waals surface area contributed by atoms with Crippen LogP contribution in [0.1, 0.15) is 5.56 Å². The van der Waals surface area contributed by atoms with Gasteiger partial charge in [-0.15, -0.1) is 0 Å². The molecule has 2 aromatic carbocycles. The van der Waals surface area contributed by atoms with E-state index >= 15 is 0 Å². The van der Waals surface area contributed by atoms with E-state index in [1.807, 2.05) is 25.1 Å². The Morgan fingerprint density at radius 2 is 2.08 bits per heavy atom. The number of aryl methyl sites for hydroxylation is 1. The number of nitrogen functional groups attached to an aromatic ring is 1. The van der Waals surface area contributed by atoms with Gasteiger partial charge in [0.25, 0.3) is 5.91 Å². The number of benzene rings is 2. The summed E-state index contributed by atoms with van der Waals surface area (Å²) in [5.74, 6) is -0.490. The zero-order valence-electron chi connectivity index (χ0n) is 12.7. The van der Waals surface area contributed by atoms with Crippen LogP contribution in [-0.2, 0) is 4.79 Å². The van der Waals surface area contributed by atoms with Crippen molar-refractivity contribution in [2.24, 2.45) is 0 Å². The fourth-order valence-corrected chi connectivity index (χ4v) is 2.71. The number of hydrogen-bond donors (Lipinski definition) is 3. The molecular weight excluding hydrogens is 439 g/mol. The monoisotopic (exact) mass is 452 g/mol. The lowest BCUT2D eigenvalue weighted by Crippen LogP contribution is -2.15. The second-order valence-corrected chi connectivity index (χ2v) is 6.62. The predicted molar refractivity (Wildman–Crippen MR) is 106 cm³/mol. The normalized spacial score (nSPS) is 10.8. The van der Waals surface area contributed by atoms with Crippen LogP contribution in [0.3, 0.4) is 0 Å². The lowest BCUT2D eigenvalue weighted by Gasteiger charge is -2.09. The zero-order chi connectivity index (χ0) is 17.7. The van der Waals surface area contributed by atoms with Gasteiger partial charge in [0.05, 0.1) is 10.7 Å². The highest BCUT2D eigenvalue weighted by Crippen LogP contribution is 2.23. The average Bonchev–Trinajstić information content (AvgIpc) is 2.54. The smallest absolute Gasteiger partial charge is 0.267 e. The molecule has 0 fully saturated rings. The van der Waals surface area contributed by atoms with Gasteiger partial charge in [0.1, 0.15) is 11.6 Å². The summed E-state index contributed by atoms with van der Waals surface area (Å²) in [6.45, 7) is 1.89. The predicted octanol–water partition coefficient (Wildman–Crippen LogP) is 4.29. The van der Waals surface area contributed by atoms with Crippen LogP contribution in [0.15, 0.2) is 48.2 Å². The molecule has 0 aliphatic rings. The van der Waals surface area contributed by atoms with E-state index in [9.17, 15) is 10.1 Å². The van der Waals surface area contributed by atoms with E-state index in [1.165, 1.54) is 6.20 Å². The van der Waals surface area contributed by atoms with Crippen molar-refractivity contribution < 1.29 is 4.79 Å². The molecule has 0 spiro atoms. The van der Waals surface area contributed by atoms with Gasteiger partial charge < -0.3 is 16.4 Å². The van der Waals surface area contributed by atoms with E-state index in [0.29, 0.717) is 22.1 Å². The molecule has 5 nitrogen and oxygen atoms in total. The van der Waals surface area contributed by atoms with Gasteiger partial charge in [0.2, 0.25) is 0 Å². The Labute approximate surface area is 158 Å². The molecule has 0 saturated carbocycles. The van der Waals surface area contributed by atoms with E-state index in [4.69, 9.17) is 17.3 Å². The first-order valence-electron chi connectivity index (χ1n) is 6.90. The number of rotatable bonds is 4. The summed E-state index contributed by atoms with van der Waals surface area (Å²) in [4.78, 5) is 12.2. The molecule has 0 aliphatic carbocycles. The molecule has 2 rings (SSSR count). The van der Waals surface area contributed by atoms with Crippen molar-refractivity contribution in [3.63, 3.8) is 0 Å². The minimum Gasteiger partial charge on any atom is -0.398 e. The van der Waals surface area contributed by atoms with Crippen LogP contribution >= 0.6 is 34.2 Å². The topological polar surface area (TPSA) is 90.9 Å². The number of halogens is 2. The molecule has 0 aromatic heterocycles. The molecule has 4 N–H and O–H groups in total. The van der Waals surface area contributed by atoms with Crippen LogP contribution in [0.25, 0.3) is 0 Å². The minimum absolute atomic E-state index is 0.0547. The lowest BCUT2D eigenvalue weighted by atomic mass is 10.2. The molecule has 0 heterocycles. The summed E-state index contributed by atoms with van der Waals surface area (Å²) < 4.78 is 1.07. The number of nitrogens with zero attached hydrogens (tertiary/aromatic N) is 1. The van der Waals surface area contributed by atoms with Gasteiger partial charge in [-0.1, -0.05) is 11.6 Å². The summed E-state index contributed by atoms with van der Waals surface area (Å²) in [5.41, 5.74) is 8.25. The van der Waals surface area contributed by atoms with Gasteiger partial charge in [-0.25, -0.2) is 0 Å². The van der Waals surface area contributed by atoms with Crippen molar-refractivity contribution >= 4 is 57.2 Å². The van der Waals surface area contributed by atoms with Crippen molar-refractivity contribution in [3.8, 4) is 6.07 Å². The molecule has 0 radical (unpaired) electrons. The maximum absolute atomic E-state index is 12.2. The highest BCUT2D eigenvalue weighted by Gasteiger charge is 2.11. The van der Waals surface area contributed by atoms with Crippen molar-refractivity contribution in [2.45, 2.75) is 6.92 Å². The number of nitrogens with two attached hydrogens (primary N) is 1. The fourth-order valence-electron chi connectivity index (χ4n) is 1.88. The van der Waals surface area contributed by atoms with Crippen molar-refractivity contribution in [1.82, 2.24) is 0 Å². The van der Waals surface area contributed by atoms with Crippen molar-refractivity contribution in [1.29, 1.82) is 5.26 Å². The Bertz CT molecular complexity index is 858. The van der Waals surface area contributed by atoms with E-state index in [-0.39, 0.29) is 5.57 Å². The van der Waals surface area contributed by atoms with Gasteiger partial charge in [-0.05, 0) is 71.5 Å². The number of nitrogens with one attached hydrogen (secondary N) is 2. The highest BCUT2D eigenvalue weighted by atomic mass is 127. The minimum atomic E-state index is -0.490. The third-order valence-corrected chi connectivity index (χ3v) is 4.18. The molecule has 24 heavy (non-hydrogen) atoms. The average molecular weight is 453 g/mol. The summed E-state index contributed by atoms with van der Waals surface area (Å²) in [7, 11) is 0. The van der Waals surface area contributed by atoms with Crippen LogP contribution in [-0.4, -0.2) is 5.91 Å². The lowest BCUT2D eigenvalue weighted by molar-refractivity contribution is -0.112. The Kier molecular flexibility index (Phi) is 6.06. The van der Waals surface area contributed by atoms with Gasteiger partial charge in [-0.3, -0.25) is 4.79 Å². The van der Waals surface area contributed by atoms with Gasteiger partial charge >= 0.3 is 0 Å². The maximum Gasteiger partial charge on any atom is 0.267 e. The number of carbonyl (C=O) groups is 1. The molecule has 122 valence electrons. The van der Waals surface area contributed by atoms with Gasteiger partial charge in [0, 0.05) is 21.1 Å². The van der Waals surface area contributed by atoms with E-state index in [0.717, 1.165) is 9.13 Å². The van der Waals surface area contributed by atoms with E-state index in [1.54, 1.807) is 24.3 Å². The third kappa shape index (κ3) is 4.63. The van der Waals surface area contributed by atoms with E-state index < -0.39 is 5.91 Å². The molecule has 1 amide bonds. The zero-order valence-corrected chi connectivity index (χ0v) is 15.6. The SMILES string of the molecule is Cc1cc(I)ccc1NC(=O)/C(C#N)=C\Nc1ccc(N)c(Cl)c1. The first-order valence-corrected chi connectivity index (χ1v) is 8.35. The Balaban J connectivity index is 2.13. The molecular formula is C17H14ClIN4O. The molecule has 2 aromatic rings. The second-order valence-electron chi connectivity index (χ2n) is 4.96. The highest BCUT2D eigenvalue weighted by molar-refractivity contribution is 14.1. The second kappa shape index (κ2) is 8.04. The molecule has 0 unspecified atom stereocenters. The van der Waals surface area contributed by atoms with Crippen molar-refractivity contribution in [3.05, 3.63) is 62.3 Å². The third-order valence-electron chi connectivity index (χ3n) is 3.19. The first-order chi connectivity index (χ1) is 11.4. The fraction of sp³-hybridized carbons (Fsp3) is 0.0588. The van der Waals surface area contributed by atoms with Gasteiger partial charge in [0.15, 0.2) is 0 Å². The number of anilines is 3. The van der Waals surface area contributed by atoms with Crippen LogP contribution in [0.2, 0.25) is 5.02 Å². The summed E-state index contributed by atoms with van der Waals surface area (Å²) >= 11 is 8.13. The molecule has 0 aliphatic heterocycles. The Morgan fingerprint density at radius 1 is 1.33 bits per heavy atom. The van der Waals surface area contributed by atoms with Crippen molar-refractivity contribution in [2.75, 3.05) is 16.4 Å². The van der Waals surface area contributed by atoms with Crippen LogP contribution in [0.4, 0.5) is 17.1 Å². The Morgan fingerprint density at radius 3 is 2.71 bits per heavy atom. The van der Waals surface area contributed by atoms with Crippen LogP contribution in [0, 0.1) is 21.8 Å². The van der Waals surface area contributed by atoms with Gasteiger partial charge in [-0.2, -0.15) is 5.26 Å².